The van der Waals surface area contributed by atoms with E-state index in [4.69, 9.17) is 5.26 Å². The number of hydrogen-bond donors (Lipinski definition) is 0. The van der Waals surface area contributed by atoms with E-state index in [1.807, 2.05) is 6.07 Å². The number of nitriles is 1. The zero-order chi connectivity index (χ0) is 14.7. The number of hydrogen-bond acceptors (Lipinski definition) is 3. The third-order valence-electron chi connectivity index (χ3n) is 3.96. The van der Waals surface area contributed by atoms with Crippen molar-refractivity contribution in [3.05, 3.63) is 64.1 Å². The summed E-state index contributed by atoms with van der Waals surface area (Å²) in [6.07, 6.45) is 4.01. The lowest BCUT2D eigenvalue weighted by atomic mass is 10.0. The summed E-state index contributed by atoms with van der Waals surface area (Å²) in [6.45, 7) is 2.40. The third-order valence-corrected chi connectivity index (χ3v) is 3.96. The van der Waals surface area contributed by atoms with Crippen molar-refractivity contribution >= 4 is 5.69 Å². The van der Waals surface area contributed by atoms with Crippen molar-refractivity contribution in [2.75, 3.05) is 18.0 Å². The molecule has 0 N–H and O–H groups in total. The second-order valence-corrected chi connectivity index (χ2v) is 5.25. The lowest BCUT2D eigenvalue weighted by Crippen LogP contribution is -2.34. The summed E-state index contributed by atoms with van der Waals surface area (Å²) in [7, 11) is 0. The molecule has 0 radical (unpaired) electrons. The summed E-state index contributed by atoms with van der Waals surface area (Å²) < 4.78 is 1.62. The number of nitrogens with zero attached hydrogens (tertiary/aromatic N) is 3. The maximum absolute atomic E-state index is 12.0. The highest BCUT2D eigenvalue weighted by Crippen LogP contribution is 2.26. The van der Waals surface area contributed by atoms with Gasteiger partial charge in [0.1, 0.15) is 11.6 Å². The summed E-state index contributed by atoms with van der Waals surface area (Å²) in [5.74, 6) is 0. The van der Waals surface area contributed by atoms with Crippen molar-refractivity contribution < 1.29 is 0 Å². The van der Waals surface area contributed by atoms with Crippen LogP contribution in [0.15, 0.2) is 47.4 Å². The molecule has 0 aliphatic carbocycles. The van der Waals surface area contributed by atoms with Crippen molar-refractivity contribution in [1.82, 2.24) is 4.57 Å². The Balaban J connectivity index is 1.78. The molecule has 4 nitrogen and oxygen atoms in total. The van der Waals surface area contributed by atoms with Gasteiger partial charge in [0.15, 0.2) is 0 Å². The molecule has 1 aromatic heterocycles. The molecule has 0 saturated heterocycles. The number of pyridine rings is 1. The molecule has 0 atom stereocenters. The van der Waals surface area contributed by atoms with Crippen molar-refractivity contribution in [3.8, 4) is 6.07 Å². The number of aromatic nitrogens is 1. The van der Waals surface area contributed by atoms with Crippen LogP contribution in [0.1, 0.15) is 17.5 Å². The van der Waals surface area contributed by atoms with Gasteiger partial charge < -0.3 is 9.47 Å². The molecule has 21 heavy (non-hydrogen) atoms. The van der Waals surface area contributed by atoms with Crippen molar-refractivity contribution in [2.24, 2.45) is 0 Å². The zero-order valence-electron chi connectivity index (χ0n) is 11.8. The number of fused-ring (bicyclic) bond motifs is 1. The van der Waals surface area contributed by atoms with E-state index in [1.54, 1.807) is 22.9 Å². The summed E-state index contributed by atoms with van der Waals surface area (Å²) in [5, 5.41) is 8.92. The molecular formula is C17H17N3O. The zero-order valence-corrected chi connectivity index (χ0v) is 11.8. The number of anilines is 1. The molecule has 0 unspecified atom stereocenters. The van der Waals surface area contributed by atoms with Gasteiger partial charge in [-0.25, -0.2) is 0 Å². The van der Waals surface area contributed by atoms with E-state index in [9.17, 15) is 4.79 Å². The highest BCUT2D eigenvalue weighted by Gasteiger charge is 2.15. The van der Waals surface area contributed by atoms with Gasteiger partial charge in [0.05, 0.1) is 0 Å². The van der Waals surface area contributed by atoms with Crippen LogP contribution in [0.25, 0.3) is 0 Å². The topological polar surface area (TPSA) is 49.0 Å². The van der Waals surface area contributed by atoms with Crippen LogP contribution in [0, 0.1) is 11.3 Å². The number of para-hydroxylation sites is 1. The Morgan fingerprint density at radius 1 is 1.14 bits per heavy atom. The Morgan fingerprint density at radius 2 is 2.00 bits per heavy atom. The van der Waals surface area contributed by atoms with Crippen LogP contribution in [-0.2, 0) is 13.0 Å². The number of aryl methyl sites for hydroxylation is 1. The van der Waals surface area contributed by atoms with Crippen LogP contribution in [0.2, 0.25) is 0 Å². The largest absolute Gasteiger partial charge is 0.370 e. The standard InChI is InChI=1S/C17H17N3O/c18-13-15-7-4-10-20(17(15)21)12-11-19-9-3-6-14-5-1-2-8-16(14)19/h1-2,4-5,7-8,10H,3,6,9,11-12H2. The Morgan fingerprint density at radius 3 is 2.86 bits per heavy atom. The third kappa shape index (κ3) is 2.68. The molecule has 0 fully saturated rings. The molecule has 1 aliphatic heterocycles. The minimum Gasteiger partial charge on any atom is -0.370 e. The van der Waals surface area contributed by atoms with Gasteiger partial charge >= 0.3 is 0 Å². The van der Waals surface area contributed by atoms with Gasteiger partial charge in [0.2, 0.25) is 0 Å². The van der Waals surface area contributed by atoms with Crippen molar-refractivity contribution in [2.45, 2.75) is 19.4 Å². The minimum absolute atomic E-state index is 0.203. The van der Waals surface area contributed by atoms with Crippen LogP contribution in [0.5, 0.6) is 0 Å². The lowest BCUT2D eigenvalue weighted by molar-refractivity contribution is 0.609. The highest BCUT2D eigenvalue weighted by atomic mass is 16.1. The summed E-state index contributed by atoms with van der Waals surface area (Å²) >= 11 is 0. The Bertz CT molecular complexity index is 742. The molecule has 1 aliphatic rings. The normalized spacial score (nSPS) is 13.6. The molecule has 0 saturated carbocycles. The van der Waals surface area contributed by atoms with Crippen LogP contribution >= 0.6 is 0 Å². The first-order valence-electron chi connectivity index (χ1n) is 7.22. The average Bonchev–Trinajstić information content (AvgIpc) is 2.54. The van der Waals surface area contributed by atoms with Gasteiger partial charge in [-0.2, -0.15) is 5.26 Å². The van der Waals surface area contributed by atoms with E-state index >= 15 is 0 Å². The first-order valence-corrected chi connectivity index (χ1v) is 7.22. The van der Waals surface area contributed by atoms with Gasteiger partial charge in [0.25, 0.3) is 5.56 Å². The molecule has 1 aromatic carbocycles. The Hall–Kier alpha value is -2.54. The number of rotatable bonds is 3. The van der Waals surface area contributed by atoms with Gasteiger partial charge in [-0.05, 0) is 36.6 Å². The molecule has 4 heteroatoms. The lowest BCUT2D eigenvalue weighted by Gasteiger charge is -2.31. The van der Waals surface area contributed by atoms with Gasteiger partial charge in [0, 0.05) is 31.5 Å². The highest BCUT2D eigenvalue weighted by molar-refractivity contribution is 5.55. The van der Waals surface area contributed by atoms with E-state index in [1.165, 1.54) is 11.3 Å². The van der Waals surface area contributed by atoms with Crippen LogP contribution in [0.3, 0.4) is 0 Å². The summed E-state index contributed by atoms with van der Waals surface area (Å²) in [6, 6.07) is 13.7. The second kappa shape index (κ2) is 5.84. The maximum Gasteiger partial charge on any atom is 0.268 e. The summed E-state index contributed by atoms with van der Waals surface area (Å²) in [5.41, 5.74) is 2.65. The molecule has 106 valence electrons. The molecule has 2 heterocycles. The van der Waals surface area contributed by atoms with E-state index in [0.717, 1.165) is 25.9 Å². The second-order valence-electron chi connectivity index (χ2n) is 5.25. The molecule has 0 amide bonds. The fraction of sp³-hybridized carbons (Fsp3) is 0.294. The van der Waals surface area contributed by atoms with Gasteiger partial charge in [-0.1, -0.05) is 18.2 Å². The SMILES string of the molecule is N#Cc1cccn(CCN2CCCc3ccccc32)c1=O. The number of benzene rings is 1. The van der Waals surface area contributed by atoms with E-state index in [-0.39, 0.29) is 11.1 Å². The van der Waals surface area contributed by atoms with E-state index in [0.29, 0.717) is 6.54 Å². The predicted molar refractivity (Wildman–Crippen MR) is 82.4 cm³/mol. The molecule has 0 bridgehead atoms. The van der Waals surface area contributed by atoms with Crippen molar-refractivity contribution in [3.63, 3.8) is 0 Å². The molecular weight excluding hydrogens is 262 g/mol. The fourth-order valence-corrected chi connectivity index (χ4v) is 2.87. The van der Waals surface area contributed by atoms with Crippen LogP contribution in [-0.4, -0.2) is 17.7 Å². The first-order chi connectivity index (χ1) is 10.3. The maximum atomic E-state index is 12.0. The van der Waals surface area contributed by atoms with Crippen LogP contribution in [0.4, 0.5) is 5.69 Å². The minimum atomic E-state index is -0.203. The van der Waals surface area contributed by atoms with E-state index < -0.39 is 0 Å². The fourth-order valence-electron chi connectivity index (χ4n) is 2.87. The van der Waals surface area contributed by atoms with Crippen molar-refractivity contribution in [1.29, 1.82) is 5.26 Å². The van der Waals surface area contributed by atoms with E-state index in [2.05, 4.69) is 29.2 Å². The Labute approximate surface area is 123 Å². The smallest absolute Gasteiger partial charge is 0.268 e. The molecule has 3 rings (SSSR count). The summed E-state index contributed by atoms with van der Waals surface area (Å²) in [4.78, 5) is 14.4. The van der Waals surface area contributed by atoms with Crippen LogP contribution < -0.4 is 10.5 Å². The predicted octanol–water partition coefficient (Wildman–Crippen LogP) is 2.17. The average molecular weight is 279 g/mol. The van der Waals surface area contributed by atoms with Gasteiger partial charge in [-0.3, -0.25) is 4.79 Å². The quantitative estimate of drug-likeness (QED) is 0.865. The Kier molecular flexibility index (Phi) is 3.74. The van der Waals surface area contributed by atoms with Gasteiger partial charge in [-0.15, -0.1) is 0 Å². The molecule has 0 spiro atoms. The molecule has 2 aromatic rings. The first kappa shape index (κ1) is 13.4. The monoisotopic (exact) mass is 279 g/mol.